The van der Waals surface area contributed by atoms with Gasteiger partial charge in [0, 0.05) is 39.8 Å². The summed E-state index contributed by atoms with van der Waals surface area (Å²) >= 11 is 0. The van der Waals surface area contributed by atoms with Gasteiger partial charge < -0.3 is 15.0 Å². The lowest BCUT2D eigenvalue weighted by Gasteiger charge is -2.34. The highest BCUT2D eigenvalue weighted by Crippen LogP contribution is 2.24. The normalized spacial score (nSPS) is 14.6. The fourth-order valence-electron chi connectivity index (χ4n) is 3.70. The standard InChI is InChI=1S/C21H29N7O.ClH/c1-4-9-27-10-12-28(13-11-27)21-24-19(18-15-23-26(2)20(18)25-21)22-14-16-5-7-17(29-3)8-6-16;/h5-8,15H,4,9-14H2,1-3H3,(H,22,24,25);1H. The van der Waals surface area contributed by atoms with Crippen LogP contribution in [-0.4, -0.2) is 64.5 Å². The lowest BCUT2D eigenvalue weighted by atomic mass is 10.2. The van der Waals surface area contributed by atoms with Crippen molar-refractivity contribution in [3.63, 3.8) is 0 Å². The molecule has 162 valence electrons. The van der Waals surface area contributed by atoms with Gasteiger partial charge in [-0.15, -0.1) is 12.4 Å². The fraction of sp³-hybridized carbons (Fsp3) is 0.476. The van der Waals surface area contributed by atoms with Crippen LogP contribution < -0.4 is 15.0 Å². The highest BCUT2D eigenvalue weighted by atomic mass is 35.5. The van der Waals surface area contributed by atoms with Gasteiger partial charge in [0.15, 0.2) is 5.65 Å². The molecule has 3 aromatic rings. The van der Waals surface area contributed by atoms with Crippen LogP contribution in [-0.2, 0) is 13.6 Å². The van der Waals surface area contributed by atoms with Crippen molar-refractivity contribution < 1.29 is 4.74 Å². The molecule has 30 heavy (non-hydrogen) atoms. The molecule has 0 unspecified atom stereocenters. The number of benzene rings is 1. The Labute approximate surface area is 183 Å². The van der Waals surface area contributed by atoms with Crippen molar-refractivity contribution >= 4 is 35.2 Å². The molecule has 8 nitrogen and oxygen atoms in total. The third kappa shape index (κ3) is 4.76. The summed E-state index contributed by atoms with van der Waals surface area (Å²) < 4.78 is 7.05. The average molecular weight is 432 g/mol. The van der Waals surface area contributed by atoms with E-state index in [-0.39, 0.29) is 12.4 Å². The van der Waals surface area contributed by atoms with Crippen LogP contribution in [0.4, 0.5) is 11.8 Å². The van der Waals surface area contributed by atoms with E-state index in [0.717, 1.165) is 66.8 Å². The lowest BCUT2D eigenvalue weighted by Crippen LogP contribution is -2.47. The molecular formula is C21H30ClN7O. The molecule has 1 aliphatic heterocycles. The Bertz CT molecular complexity index is 952. The number of piperazine rings is 1. The van der Waals surface area contributed by atoms with Crippen LogP contribution in [0.2, 0.25) is 0 Å². The van der Waals surface area contributed by atoms with E-state index in [0.29, 0.717) is 6.54 Å². The van der Waals surface area contributed by atoms with Gasteiger partial charge in [0.1, 0.15) is 11.6 Å². The molecule has 2 aromatic heterocycles. The van der Waals surface area contributed by atoms with Crippen LogP contribution in [0.1, 0.15) is 18.9 Å². The van der Waals surface area contributed by atoms with E-state index in [2.05, 4.69) is 39.3 Å². The lowest BCUT2D eigenvalue weighted by molar-refractivity contribution is 0.257. The van der Waals surface area contributed by atoms with Crippen molar-refractivity contribution in [1.82, 2.24) is 24.6 Å². The van der Waals surface area contributed by atoms with E-state index < -0.39 is 0 Å². The highest BCUT2D eigenvalue weighted by Gasteiger charge is 2.21. The summed E-state index contributed by atoms with van der Waals surface area (Å²) in [7, 11) is 3.60. The number of halogens is 1. The van der Waals surface area contributed by atoms with Gasteiger partial charge in [-0.1, -0.05) is 19.1 Å². The third-order valence-corrected chi connectivity index (χ3v) is 5.39. The molecule has 1 N–H and O–H groups in total. The Hall–Kier alpha value is -2.58. The highest BCUT2D eigenvalue weighted by molar-refractivity contribution is 5.87. The largest absolute Gasteiger partial charge is 0.497 e. The first kappa shape index (κ1) is 22.1. The molecule has 0 amide bonds. The second-order valence-corrected chi connectivity index (χ2v) is 7.41. The molecule has 0 spiro atoms. The monoisotopic (exact) mass is 431 g/mol. The molecule has 1 saturated heterocycles. The van der Waals surface area contributed by atoms with Crippen molar-refractivity contribution in [2.75, 3.05) is 50.1 Å². The van der Waals surface area contributed by atoms with E-state index in [9.17, 15) is 0 Å². The molecule has 4 rings (SSSR count). The zero-order chi connectivity index (χ0) is 20.2. The number of methoxy groups -OCH3 is 1. The topological polar surface area (TPSA) is 71.3 Å². The van der Waals surface area contributed by atoms with Crippen LogP contribution in [0.25, 0.3) is 11.0 Å². The van der Waals surface area contributed by atoms with Crippen molar-refractivity contribution in [3.05, 3.63) is 36.0 Å². The number of rotatable bonds is 7. The molecule has 9 heteroatoms. The predicted octanol–water partition coefficient (Wildman–Crippen LogP) is 2.94. The first-order chi connectivity index (χ1) is 14.2. The molecule has 1 aliphatic rings. The SMILES string of the molecule is CCCN1CCN(c2nc(NCc3ccc(OC)cc3)c3cnn(C)c3n2)CC1.Cl. The number of nitrogens with zero attached hydrogens (tertiary/aromatic N) is 6. The number of anilines is 2. The molecular weight excluding hydrogens is 402 g/mol. The van der Waals surface area contributed by atoms with E-state index in [1.807, 2.05) is 30.1 Å². The van der Waals surface area contributed by atoms with E-state index in [4.69, 9.17) is 14.7 Å². The predicted molar refractivity (Wildman–Crippen MR) is 123 cm³/mol. The van der Waals surface area contributed by atoms with E-state index in [1.54, 1.807) is 7.11 Å². The van der Waals surface area contributed by atoms with Crippen LogP contribution >= 0.6 is 12.4 Å². The Balaban J connectivity index is 0.00000256. The van der Waals surface area contributed by atoms with Crippen molar-refractivity contribution in [2.24, 2.45) is 7.05 Å². The van der Waals surface area contributed by atoms with Crippen LogP contribution in [0.5, 0.6) is 5.75 Å². The van der Waals surface area contributed by atoms with Gasteiger partial charge in [-0.3, -0.25) is 9.58 Å². The molecule has 1 aromatic carbocycles. The van der Waals surface area contributed by atoms with Crippen molar-refractivity contribution in [3.8, 4) is 5.75 Å². The number of nitrogens with one attached hydrogen (secondary N) is 1. The number of aromatic nitrogens is 4. The summed E-state index contributed by atoms with van der Waals surface area (Å²) in [5.41, 5.74) is 2.01. The van der Waals surface area contributed by atoms with Gasteiger partial charge in [0.2, 0.25) is 5.95 Å². The molecule has 0 saturated carbocycles. The Morgan fingerprint density at radius 3 is 2.47 bits per heavy atom. The van der Waals surface area contributed by atoms with Crippen LogP contribution in [0.15, 0.2) is 30.5 Å². The van der Waals surface area contributed by atoms with Gasteiger partial charge in [-0.2, -0.15) is 15.1 Å². The zero-order valence-corrected chi connectivity index (χ0v) is 18.7. The summed E-state index contributed by atoms with van der Waals surface area (Å²) in [6.07, 6.45) is 3.02. The van der Waals surface area contributed by atoms with Gasteiger partial charge in [-0.25, -0.2) is 0 Å². The quantitative estimate of drug-likeness (QED) is 0.616. The van der Waals surface area contributed by atoms with E-state index in [1.165, 1.54) is 6.42 Å². The molecule has 0 radical (unpaired) electrons. The van der Waals surface area contributed by atoms with Crippen LogP contribution in [0.3, 0.4) is 0 Å². The molecule has 1 fully saturated rings. The summed E-state index contributed by atoms with van der Waals surface area (Å²) in [4.78, 5) is 14.4. The zero-order valence-electron chi connectivity index (χ0n) is 17.8. The average Bonchev–Trinajstić information content (AvgIpc) is 3.14. The number of hydrogen-bond acceptors (Lipinski definition) is 7. The maximum atomic E-state index is 5.24. The smallest absolute Gasteiger partial charge is 0.229 e. The Morgan fingerprint density at radius 2 is 1.80 bits per heavy atom. The van der Waals surface area contributed by atoms with Gasteiger partial charge >= 0.3 is 0 Å². The number of fused-ring (bicyclic) bond motifs is 1. The minimum Gasteiger partial charge on any atom is -0.497 e. The first-order valence-electron chi connectivity index (χ1n) is 10.2. The minimum absolute atomic E-state index is 0. The van der Waals surface area contributed by atoms with Gasteiger partial charge in [0.25, 0.3) is 0 Å². The molecule has 3 heterocycles. The van der Waals surface area contributed by atoms with Crippen molar-refractivity contribution in [1.29, 1.82) is 0 Å². The number of hydrogen-bond donors (Lipinski definition) is 1. The van der Waals surface area contributed by atoms with E-state index >= 15 is 0 Å². The summed E-state index contributed by atoms with van der Waals surface area (Å²) in [6, 6.07) is 8.05. The summed E-state index contributed by atoms with van der Waals surface area (Å²) in [6.45, 7) is 8.05. The number of ether oxygens (including phenoxy) is 1. The number of aryl methyl sites for hydroxylation is 1. The summed E-state index contributed by atoms with van der Waals surface area (Å²) in [5, 5.41) is 8.81. The van der Waals surface area contributed by atoms with Gasteiger partial charge in [0.05, 0.1) is 18.7 Å². The fourth-order valence-corrected chi connectivity index (χ4v) is 3.70. The maximum Gasteiger partial charge on any atom is 0.229 e. The maximum absolute atomic E-state index is 5.24. The van der Waals surface area contributed by atoms with Crippen molar-refractivity contribution in [2.45, 2.75) is 19.9 Å². The third-order valence-electron chi connectivity index (χ3n) is 5.39. The Kier molecular flexibility index (Phi) is 7.33. The molecule has 0 atom stereocenters. The molecule has 0 bridgehead atoms. The summed E-state index contributed by atoms with van der Waals surface area (Å²) in [5.74, 6) is 2.45. The minimum atomic E-state index is 0. The second-order valence-electron chi connectivity index (χ2n) is 7.41. The van der Waals surface area contributed by atoms with Gasteiger partial charge in [-0.05, 0) is 30.7 Å². The van der Waals surface area contributed by atoms with Crippen LogP contribution in [0, 0.1) is 0 Å². The Morgan fingerprint density at radius 1 is 1.07 bits per heavy atom. The first-order valence-corrected chi connectivity index (χ1v) is 10.2. The second kappa shape index (κ2) is 9.95. The molecule has 0 aliphatic carbocycles.